The molecule has 2 aromatic carbocycles. The Bertz CT molecular complexity index is 615. The Morgan fingerprint density at radius 1 is 1.14 bits per heavy atom. The number of amides is 1. The van der Waals surface area contributed by atoms with Gasteiger partial charge in [0.05, 0.1) is 6.04 Å². The second-order valence-corrected chi connectivity index (χ2v) is 5.81. The lowest BCUT2D eigenvalue weighted by molar-refractivity contribution is -0.125. The average molecular weight is 317 g/mol. The third-order valence-electron chi connectivity index (χ3n) is 3.70. The monoisotopic (exact) mass is 316 g/mol. The molecule has 0 heterocycles. The molecule has 22 heavy (non-hydrogen) atoms. The van der Waals surface area contributed by atoms with Crippen molar-refractivity contribution in [3.63, 3.8) is 0 Å². The summed E-state index contributed by atoms with van der Waals surface area (Å²) in [5, 5.41) is 3.79. The highest BCUT2D eigenvalue weighted by Crippen LogP contribution is 2.23. The van der Waals surface area contributed by atoms with E-state index in [-0.39, 0.29) is 17.9 Å². The molecule has 0 fully saturated rings. The molecule has 0 aliphatic rings. The maximum Gasteiger partial charge on any atom is 0.224 e. The van der Waals surface area contributed by atoms with Crippen LogP contribution in [0.2, 0.25) is 5.02 Å². The van der Waals surface area contributed by atoms with Gasteiger partial charge in [0.1, 0.15) is 0 Å². The van der Waals surface area contributed by atoms with E-state index in [2.05, 4.69) is 5.32 Å². The van der Waals surface area contributed by atoms with Crippen LogP contribution in [-0.2, 0) is 11.2 Å². The number of hydrogen-bond donors (Lipinski definition) is 2. The SMILES string of the molecule is CC(CN)C(=O)NC(Cc1ccccc1Cl)c1ccccc1. The molecule has 2 unspecified atom stereocenters. The van der Waals surface area contributed by atoms with Crippen LogP contribution in [0.5, 0.6) is 0 Å². The summed E-state index contributed by atoms with van der Waals surface area (Å²) < 4.78 is 0. The molecule has 0 aliphatic carbocycles. The van der Waals surface area contributed by atoms with E-state index in [1.807, 2.05) is 61.5 Å². The van der Waals surface area contributed by atoms with E-state index in [0.29, 0.717) is 18.0 Å². The molecule has 0 aliphatic heterocycles. The summed E-state index contributed by atoms with van der Waals surface area (Å²) >= 11 is 6.25. The fraction of sp³-hybridized carbons (Fsp3) is 0.278. The number of nitrogens with one attached hydrogen (secondary N) is 1. The number of benzene rings is 2. The highest BCUT2D eigenvalue weighted by molar-refractivity contribution is 6.31. The minimum absolute atomic E-state index is 0.0385. The molecule has 3 N–H and O–H groups in total. The molecule has 116 valence electrons. The molecule has 0 saturated heterocycles. The van der Waals surface area contributed by atoms with Crippen molar-refractivity contribution in [3.8, 4) is 0 Å². The number of halogens is 1. The second kappa shape index (κ2) is 7.97. The van der Waals surface area contributed by atoms with Crippen molar-refractivity contribution in [3.05, 3.63) is 70.7 Å². The lowest BCUT2D eigenvalue weighted by Crippen LogP contribution is -2.36. The van der Waals surface area contributed by atoms with Gasteiger partial charge in [0.25, 0.3) is 0 Å². The topological polar surface area (TPSA) is 55.1 Å². The third-order valence-corrected chi connectivity index (χ3v) is 4.07. The quantitative estimate of drug-likeness (QED) is 0.859. The third kappa shape index (κ3) is 4.33. The molecular weight excluding hydrogens is 296 g/mol. The largest absolute Gasteiger partial charge is 0.349 e. The van der Waals surface area contributed by atoms with Crippen molar-refractivity contribution in [2.24, 2.45) is 11.7 Å². The first-order valence-corrected chi connectivity index (χ1v) is 7.78. The molecule has 1 amide bonds. The predicted molar refractivity (Wildman–Crippen MR) is 90.7 cm³/mol. The summed E-state index contributed by atoms with van der Waals surface area (Å²) in [6.07, 6.45) is 0.646. The number of rotatable bonds is 6. The number of carbonyl (C=O) groups is 1. The lowest BCUT2D eigenvalue weighted by atomic mass is 9.98. The normalized spacial score (nSPS) is 13.4. The van der Waals surface area contributed by atoms with E-state index in [1.165, 1.54) is 0 Å². The van der Waals surface area contributed by atoms with Crippen LogP contribution in [-0.4, -0.2) is 12.5 Å². The zero-order chi connectivity index (χ0) is 15.9. The summed E-state index contributed by atoms with van der Waals surface area (Å²) in [6, 6.07) is 17.5. The van der Waals surface area contributed by atoms with Gasteiger partial charge in [-0.2, -0.15) is 0 Å². The van der Waals surface area contributed by atoms with E-state index in [0.717, 1.165) is 11.1 Å². The smallest absolute Gasteiger partial charge is 0.224 e. The van der Waals surface area contributed by atoms with Crippen LogP contribution in [0.3, 0.4) is 0 Å². The van der Waals surface area contributed by atoms with Crippen molar-refractivity contribution >= 4 is 17.5 Å². The lowest BCUT2D eigenvalue weighted by Gasteiger charge is -2.22. The van der Waals surface area contributed by atoms with E-state index >= 15 is 0 Å². The summed E-state index contributed by atoms with van der Waals surface area (Å²) in [7, 11) is 0. The van der Waals surface area contributed by atoms with Gasteiger partial charge in [-0.1, -0.05) is 67.1 Å². The minimum atomic E-state index is -0.211. The van der Waals surface area contributed by atoms with Crippen LogP contribution in [0, 0.1) is 5.92 Å². The van der Waals surface area contributed by atoms with Crippen LogP contribution in [0.4, 0.5) is 0 Å². The molecule has 2 rings (SSSR count). The van der Waals surface area contributed by atoms with Gasteiger partial charge in [-0.25, -0.2) is 0 Å². The van der Waals surface area contributed by atoms with Crippen molar-refractivity contribution in [1.82, 2.24) is 5.32 Å². The van der Waals surface area contributed by atoms with Crippen LogP contribution in [0.25, 0.3) is 0 Å². The van der Waals surface area contributed by atoms with E-state index in [4.69, 9.17) is 17.3 Å². The number of hydrogen-bond acceptors (Lipinski definition) is 2. The maximum absolute atomic E-state index is 12.2. The predicted octanol–water partition coefficient (Wildman–Crippen LogP) is 3.33. The number of nitrogens with two attached hydrogens (primary N) is 1. The van der Waals surface area contributed by atoms with Crippen molar-refractivity contribution in [2.45, 2.75) is 19.4 Å². The minimum Gasteiger partial charge on any atom is -0.349 e. The van der Waals surface area contributed by atoms with Gasteiger partial charge in [-0.3, -0.25) is 4.79 Å². The second-order valence-electron chi connectivity index (χ2n) is 5.40. The zero-order valence-electron chi connectivity index (χ0n) is 12.6. The van der Waals surface area contributed by atoms with E-state index in [9.17, 15) is 4.79 Å². The Morgan fingerprint density at radius 3 is 2.41 bits per heavy atom. The highest BCUT2D eigenvalue weighted by atomic mass is 35.5. The van der Waals surface area contributed by atoms with Gasteiger partial charge >= 0.3 is 0 Å². The average Bonchev–Trinajstić information content (AvgIpc) is 2.56. The standard InChI is InChI=1S/C18H21ClN2O/c1-13(12-20)18(22)21-17(14-7-3-2-4-8-14)11-15-9-5-6-10-16(15)19/h2-10,13,17H,11-12,20H2,1H3,(H,21,22). The molecule has 0 saturated carbocycles. The molecule has 0 bridgehead atoms. The summed E-state index contributed by atoms with van der Waals surface area (Å²) in [5.74, 6) is -0.249. The molecule has 0 radical (unpaired) electrons. The number of carbonyl (C=O) groups excluding carboxylic acids is 1. The summed E-state index contributed by atoms with van der Waals surface area (Å²) in [4.78, 5) is 12.2. The fourth-order valence-electron chi connectivity index (χ4n) is 2.24. The molecule has 3 nitrogen and oxygen atoms in total. The summed E-state index contributed by atoms with van der Waals surface area (Å²) in [6.45, 7) is 2.16. The first-order valence-electron chi connectivity index (χ1n) is 7.40. The van der Waals surface area contributed by atoms with Gasteiger partial charge in [-0.15, -0.1) is 0 Å². The van der Waals surface area contributed by atoms with Crippen LogP contribution >= 0.6 is 11.6 Å². The van der Waals surface area contributed by atoms with Gasteiger partial charge in [0.2, 0.25) is 5.91 Å². The van der Waals surface area contributed by atoms with E-state index < -0.39 is 0 Å². The fourth-order valence-corrected chi connectivity index (χ4v) is 2.46. The Kier molecular flexibility index (Phi) is 5.99. The van der Waals surface area contributed by atoms with Gasteiger partial charge in [0.15, 0.2) is 0 Å². The Balaban J connectivity index is 2.22. The molecule has 0 aromatic heterocycles. The van der Waals surface area contributed by atoms with Crippen LogP contribution < -0.4 is 11.1 Å². The van der Waals surface area contributed by atoms with E-state index in [1.54, 1.807) is 0 Å². The van der Waals surface area contributed by atoms with Crippen molar-refractivity contribution in [2.75, 3.05) is 6.54 Å². The highest BCUT2D eigenvalue weighted by Gasteiger charge is 2.19. The molecule has 2 atom stereocenters. The maximum atomic E-state index is 12.2. The van der Waals surface area contributed by atoms with Crippen LogP contribution in [0.15, 0.2) is 54.6 Å². The molecule has 2 aromatic rings. The van der Waals surface area contributed by atoms with Crippen molar-refractivity contribution in [1.29, 1.82) is 0 Å². The van der Waals surface area contributed by atoms with Gasteiger partial charge in [-0.05, 0) is 23.6 Å². The van der Waals surface area contributed by atoms with Gasteiger partial charge in [0, 0.05) is 17.5 Å². The first-order chi connectivity index (χ1) is 10.6. The van der Waals surface area contributed by atoms with Gasteiger partial charge < -0.3 is 11.1 Å². The first kappa shape index (κ1) is 16.5. The Hall–Kier alpha value is -1.84. The molecule has 4 heteroatoms. The Morgan fingerprint density at radius 2 is 1.77 bits per heavy atom. The Labute approximate surface area is 136 Å². The molecule has 0 spiro atoms. The zero-order valence-corrected chi connectivity index (χ0v) is 13.4. The molecular formula is C18H21ClN2O. The van der Waals surface area contributed by atoms with Crippen LogP contribution in [0.1, 0.15) is 24.1 Å². The summed E-state index contributed by atoms with van der Waals surface area (Å²) in [5.41, 5.74) is 7.65. The van der Waals surface area contributed by atoms with Crippen molar-refractivity contribution < 1.29 is 4.79 Å².